The van der Waals surface area contributed by atoms with Crippen LogP contribution in [0.15, 0.2) is 18.2 Å². The van der Waals surface area contributed by atoms with Crippen molar-refractivity contribution >= 4 is 23.3 Å². The van der Waals surface area contributed by atoms with Crippen molar-refractivity contribution in [3.05, 3.63) is 23.8 Å². The molecule has 6 heteroatoms. The standard InChI is InChI=1S/C17H25N3O3/c1-3-15(20-8-4-5-12(10-20)17(22)23)16(21)19-13-7-6-11(2)14(18)9-13/h6-7,9,12,15H,3-5,8,10,18H2,1-2H3,(H,19,21)(H,22,23). The quantitative estimate of drug-likeness (QED) is 0.722. The minimum atomic E-state index is -0.781. The second-order valence-electron chi connectivity index (χ2n) is 6.16. The highest BCUT2D eigenvalue weighted by molar-refractivity contribution is 5.95. The molecular formula is C17H25N3O3. The summed E-state index contributed by atoms with van der Waals surface area (Å²) in [7, 11) is 0. The summed E-state index contributed by atoms with van der Waals surface area (Å²) >= 11 is 0. The van der Waals surface area contributed by atoms with E-state index in [1.54, 1.807) is 6.07 Å². The lowest BCUT2D eigenvalue weighted by molar-refractivity contribution is -0.144. The van der Waals surface area contributed by atoms with Gasteiger partial charge in [-0.25, -0.2) is 0 Å². The fourth-order valence-corrected chi connectivity index (χ4v) is 3.04. The number of nitrogens with two attached hydrogens (primary N) is 1. The van der Waals surface area contributed by atoms with Gasteiger partial charge in [-0.2, -0.15) is 0 Å². The van der Waals surface area contributed by atoms with Crippen LogP contribution in [0.3, 0.4) is 0 Å². The molecule has 1 aliphatic rings. The maximum absolute atomic E-state index is 12.6. The van der Waals surface area contributed by atoms with Crippen LogP contribution in [0.2, 0.25) is 0 Å². The second-order valence-corrected chi connectivity index (χ2v) is 6.16. The Morgan fingerprint density at radius 3 is 2.83 bits per heavy atom. The third kappa shape index (κ3) is 4.22. The van der Waals surface area contributed by atoms with E-state index in [0.717, 1.165) is 18.5 Å². The van der Waals surface area contributed by atoms with E-state index in [2.05, 4.69) is 5.32 Å². The zero-order valence-electron chi connectivity index (χ0n) is 13.7. The number of hydrogen-bond donors (Lipinski definition) is 3. The smallest absolute Gasteiger partial charge is 0.307 e. The summed E-state index contributed by atoms with van der Waals surface area (Å²) in [4.78, 5) is 25.8. The van der Waals surface area contributed by atoms with Gasteiger partial charge < -0.3 is 16.2 Å². The summed E-state index contributed by atoms with van der Waals surface area (Å²) in [5.41, 5.74) is 8.15. The van der Waals surface area contributed by atoms with Gasteiger partial charge in [-0.15, -0.1) is 0 Å². The highest BCUT2D eigenvalue weighted by Crippen LogP contribution is 2.22. The lowest BCUT2D eigenvalue weighted by Crippen LogP contribution is -2.49. The average Bonchev–Trinajstić information content (AvgIpc) is 2.52. The predicted molar refractivity (Wildman–Crippen MR) is 90.2 cm³/mol. The van der Waals surface area contributed by atoms with Crippen LogP contribution in [0.5, 0.6) is 0 Å². The van der Waals surface area contributed by atoms with Crippen LogP contribution in [0, 0.1) is 12.8 Å². The number of aliphatic carboxylic acids is 1. The Hall–Kier alpha value is -2.08. The summed E-state index contributed by atoms with van der Waals surface area (Å²) < 4.78 is 0. The van der Waals surface area contributed by atoms with Gasteiger partial charge in [0.15, 0.2) is 0 Å². The highest BCUT2D eigenvalue weighted by atomic mass is 16.4. The molecule has 2 atom stereocenters. The summed E-state index contributed by atoms with van der Waals surface area (Å²) in [6.07, 6.45) is 2.12. The normalized spacial score (nSPS) is 20.0. The minimum absolute atomic E-state index is 0.109. The number of carbonyl (C=O) groups is 2. The number of aryl methyl sites for hydroxylation is 1. The fourth-order valence-electron chi connectivity index (χ4n) is 3.04. The number of carboxylic acids is 1. The number of rotatable bonds is 5. The van der Waals surface area contributed by atoms with Crippen LogP contribution >= 0.6 is 0 Å². The number of benzene rings is 1. The van der Waals surface area contributed by atoms with Crippen molar-refractivity contribution in [3.8, 4) is 0 Å². The molecule has 2 rings (SSSR count). The molecule has 23 heavy (non-hydrogen) atoms. The molecule has 6 nitrogen and oxygen atoms in total. The van der Waals surface area contributed by atoms with Crippen molar-refractivity contribution in [1.29, 1.82) is 0 Å². The number of nitrogen functional groups attached to an aromatic ring is 1. The van der Waals surface area contributed by atoms with Crippen molar-refractivity contribution in [2.24, 2.45) is 5.92 Å². The molecule has 1 saturated heterocycles. The van der Waals surface area contributed by atoms with Crippen molar-refractivity contribution in [2.45, 2.75) is 39.2 Å². The molecular weight excluding hydrogens is 294 g/mol. The van der Waals surface area contributed by atoms with Crippen molar-refractivity contribution < 1.29 is 14.7 Å². The molecule has 1 aliphatic heterocycles. The fraction of sp³-hybridized carbons (Fsp3) is 0.529. The number of amides is 1. The van der Waals surface area contributed by atoms with Crippen molar-refractivity contribution in [1.82, 2.24) is 4.90 Å². The van der Waals surface area contributed by atoms with Gasteiger partial charge >= 0.3 is 5.97 Å². The van der Waals surface area contributed by atoms with E-state index < -0.39 is 5.97 Å². The Labute approximate surface area is 136 Å². The van der Waals surface area contributed by atoms with Crippen LogP contribution in [0.4, 0.5) is 11.4 Å². The van der Waals surface area contributed by atoms with Gasteiger partial charge in [-0.05, 0) is 50.4 Å². The number of nitrogens with one attached hydrogen (secondary N) is 1. The first-order valence-electron chi connectivity index (χ1n) is 8.06. The summed E-state index contributed by atoms with van der Waals surface area (Å²) in [5.74, 6) is -1.28. The number of likely N-dealkylation sites (tertiary alicyclic amines) is 1. The molecule has 0 spiro atoms. The van der Waals surface area contributed by atoms with Crippen molar-refractivity contribution in [2.75, 3.05) is 24.1 Å². The molecule has 1 aromatic carbocycles. The third-order valence-corrected chi connectivity index (χ3v) is 4.48. The summed E-state index contributed by atoms with van der Waals surface area (Å²) in [6.45, 7) is 5.04. The molecule has 0 bridgehead atoms. The largest absolute Gasteiger partial charge is 0.481 e. The van der Waals surface area contributed by atoms with E-state index in [4.69, 9.17) is 5.73 Å². The molecule has 0 saturated carbocycles. The Kier molecular flexibility index (Phi) is 5.60. The lowest BCUT2D eigenvalue weighted by atomic mass is 9.96. The predicted octanol–water partition coefficient (Wildman–Crippen LogP) is 2.09. The Morgan fingerprint density at radius 2 is 2.22 bits per heavy atom. The number of anilines is 2. The molecule has 0 aromatic heterocycles. The van der Waals surface area contributed by atoms with Crippen LogP contribution < -0.4 is 11.1 Å². The molecule has 4 N–H and O–H groups in total. The van der Waals surface area contributed by atoms with Gasteiger partial charge in [-0.1, -0.05) is 13.0 Å². The molecule has 1 amide bonds. The van der Waals surface area contributed by atoms with E-state index in [0.29, 0.717) is 30.8 Å². The Balaban J connectivity index is 2.05. The first-order valence-corrected chi connectivity index (χ1v) is 8.06. The van der Waals surface area contributed by atoms with Gasteiger partial charge in [0, 0.05) is 17.9 Å². The minimum Gasteiger partial charge on any atom is -0.481 e. The average molecular weight is 319 g/mol. The van der Waals surface area contributed by atoms with Crippen LogP contribution in [-0.4, -0.2) is 41.0 Å². The molecule has 2 unspecified atom stereocenters. The highest BCUT2D eigenvalue weighted by Gasteiger charge is 2.32. The van der Waals surface area contributed by atoms with Gasteiger partial charge in [-0.3, -0.25) is 14.5 Å². The SMILES string of the molecule is CCC(C(=O)Nc1ccc(C)c(N)c1)N1CCCC(C(=O)O)C1. The molecule has 0 aliphatic carbocycles. The van der Waals surface area contributed by atoms with E-state index in [1.807, 2.05) is 30.9 Å². The lowest BCUT2D eigenvalue weighted by Gasteiger charge is -2.35. The first-order chi connectivity index (χ1) is 10.9. The number of carboxylic acid groups (broad SMARTS) is 1. The number of piperidine rings is 1. The van der Waals surface area contributed by atoms with Gasteiger partial charge in [0.2, 0.25) is 5.91 Å². The molecule has 126 valence electrons. The molecule has 1 fully saturated rings. The van der Waals surface area contributed by atoms with Crippen LogP contribution in [-0.2, 0) is 9.59 Å². The second kappa shape index (κ2) is 7.46. The van der Waals surface area contributed by atoms with E-state index >= 15 is 0 Å². The Morgan fingerprint density at radius 1 is 1.48 bits per heavy atom. The van der Waals surface area contributed by atoms with Gasteiger partial charge in [0.1, 0.15) is 0 Å². The summed E-state index contributed by atoms with van der Waals surface area (Å²) in [6, 6.07) is 5.12. The number of nitrogens with zero attached hydrogens (tertiary/aromatic N) is 1. The first kappa shape index (κ1) is 17.3. The monoisotopic (exact) mass is 319 g/mol. The van der Waals surface area contributed by atoms with Crippen LogP contribution in [0.1, 0.15) is 31.7 Å². The van der Waals surface area contributed by atoms with Gasteiger partial charge in [0.05, 0.1) is 12.0 Å². The third-order valence-electron chi connectivity index (χ3n) is 4.48. The van der Waals surface area contributed by atoms with Crippen LogP contribution in [0.25, 0.3) is 0 Å². The van der Waals surface area contributed by atoms with Gasteiger partial charge in [0.25, 0.3) is 0 Å². The van der Waals surface area contributed by atoms with Crippen molar-refractivity contribution in [3.63, 3.8) is 0 Å². The molecule has 1 aromatic rings. The number of hydrogen-bond acceptors (Lipinski definition) is 4. The van der Waals surface area contributed by atoms with E-state index in [9.17, 15) is 14.7 Å². The summed E-state index contributed by atoms with van der Waals surface area (Å²) in [5, 5.41) is 12.1. The zero-order valence-corrected chi connectivity index (χ0v) is 13.7. The topological polar surface area (TPSA) is 95.7 Å². The maximum Gasteiger partial charge on any atom is 0.307 e. The molecule has 1 heterocycles. The molecule has 0 radical (unpaired) electrons. The zero-order chi connectivity index (χ0) is 17.0. The maximum atomic E-state index is 12.6. The Bertz CT molecular complexity index is 588. The van der Waals surface area contributed by atoms with E-state index in [-0.39, 0.29) is 17.9 Å². The number of carbonyl (C=O) groups excluding carboxylic acids is 1. The van der Waals surface area contributed by atoms with E-state index in [1.165, 1.54) is 0 Å².